The third-order valence-electron chi connectivity index (χ3n) is 6.27. The number of carbonyl (C=O) groups excluding carboxylic acids is 1. The van der Waals surface area contributed by atoms with Crippen molar-refractivity contribution in [2.75, 3.05) is 18.1 Å². The van der Waals surface area contributed by atoms with Crippen molar-refractivity contribution >= 4 is 21.7 Å². The van der Waals surface area contributed by atoms with E-state index in [1.165, 1.54) is 30.5 Å². The Morgan fingerprint density at radius 1 is 1.27 bits per heavy atom. The normalized spacial score (nSPS) is 17.0. The third-order valence-corrected chi connectivity index (χ3v) is 7.63. The van der Waals surface area contributed by atoms with Crippen LogP contribution in [0.3, 0.4) is 0 Å². The molecule has 1 aromatic carbocycles. The van der Waals surface area contributed by atoms with Crippen LogP contribution in [0.4, 0.5) is 10.2 Å². The number of hydrogen-bond acceptors (Lipinski definition) is 7. The predicted molar refractivity (Wildman–Crippen MR) is 138 cm³/mol. The van der Waals surface area contributed by atoms with Crippen LogP contribution in [0.1, 0.15) is 44.5 Å². The van der Waals surface area contributed by atoms with Gasteiger partial charge in [-0.05, 0) is 75.6 Å². The summed E-state index contributed by atoms with van der Waals surface area (Å²) in [5.74, 6) is -0.735. The van der Waals surface area contributed by atoms with Crippen LogP contribution in [0, 0.1) is 11.7 Å². The Morgan fingerprint density at radius 3 is 2.68 bits per heavy atom. The van der Waals surface area contributed by atoms with Gasteiger partial charge in [0.25, 0.3) is 21.5 Å². The van der Waals surface area contributed by atoms with E-state index in [-0.39, 0.29) is 23.5 Å². The number of carbonyl (C=O) groups is 1. The number of hydrogen-bond donors (Lipinski definition) is 2. The highest BCUT2D eigenvalue weighted by Gasteiger charge is 2.39. The van der Waals surface area contributed by atoms with Crippen molar-refractivity contribution in [1.29, 1.82) is 0 Å². The highest BCUT2D eigenvalue weighted by Crippen LogP contribution is 2.38. The van der Waals surface area contributed by atoms with Crippen molar-refractivity contribution in [2.45, 2.75) is 44.6 Å². The van der Waals surface area contributed by atoms with Gasteiger partial charge in [0.15, 0.2) is 16.5 Å². The smallest absolute Gasteiger partial charge is 0.269 e. The number of nitrogens with zero attached hydrogens (tertiary/aromatic N) is 2. The molecule has 1 aliphatic heterocycles. The van der Waals surface area contributed by atoms with Crippen LogP contribution in [0.2, 0.25) is 0 Å². The Kier molecular flexibility index (Phi) is 7.09. The molecule has 0 radical (unpaired) electrons. The standard InChI is InChI=1S/C26H29FN4O5S/c1-5-36-21-13-17(8-10-19(21)27)20-11-9-18(23(29-20)31-15-16(2)14-26(31,3)4)24(32)30-37(34,35)22-7-6-12-28-25(22)33/h6-13,16H,5,14-15H2,1-4H3,(H,28,33)(H,30,32)/t16-/m0/s1. The number of nitrogens with one attached hydrogen (secondary N) is 2. The summed E-state index contributed by atoms with van der Waals surface area (Å²) >= 11 is 0. The van der Waals surface area contributed by atoms with E-state index in [1.54, 1.807) is 19.1 Å². The molecule has 4 rings (SSSR count). The lowest BCUT2D eigenvalue weighted by Crippen LogP contribution is -2.41. The van der Waals surface area contributed by atoms with Crippen molar-refractivity contribution in [3.63, 3.8) is 0 Å². The Bertz CT molecular complexity index is 1500. The lowest BCUT2D eigenvalue weighted by atomic mass is 9.97. The maximum atomic E-state index is 14.1. The van der Waals surface area contributed by atoms with Gasteiger partial charge >= 0.3 is 0 Å². The van der Waals surface area contributed by atoms with Crippen molar-refractivity contribution in [3.8, 4) is 17.0 Å². The summed E-state index contributed by atoms with van der Waals surface area (Å²) in [5, 5.41) is 0. The van der Waals surface area contributed by atoms with Gasteiger partial charge in [-0.2, -0.15) is 0 Å². The first-order valence-corrected chi connectivity index (χ1v) is 13.4. The number of pyridine rings is 2. The minimum Gasteiger partial charge on any atom is -0.491 e. The number of H-pyrrole nitrogens is 1. The highest BCUT2D eigenvalue weighted by molar-refractivity contribution is 7.90. The molecule has 3 heterocycles. The maximum absolute atomic E-state index is 14.1. The molecule has 0 unspecified atom stereocenters. The first-order valence-electron chi connectivity index (χ1n) is 11.9. The van der Waals surface area contributed by atoms with Crippen LogP contribution in [0.15, 0.2) is 58.4 Å². The van der Waals surface area contributed by atoms with Gasteiger partial charge in [-0.1, -0.05) is 6.92 Å². The van der Waals surface area contributed by atoms with E-state index in [0.29, 0.717) is 29.5 Å². The zero-order valence-electron chi connectivity index (χ0n) is 21.0. The molecule has 0 saturated carbocycles. The topological polar surface area (TPSA) is 121 Å². The summed E-state index contributed by atoms with van der Waals surface area (Å²) in [6, 6.07) is 9.91. The van der Waals surface area contributed by atoms with E-state index in [2.05, 4.69) is 11.9 Å². The lowest BCUT2D eigenvalue weighted by molar-refractivity contribution is 0.0981. The molecule has 1 amide bonds. The molecule has 9 nitrogen and oxygen atoms in total. The Morgan fingerprint density at radius 2 is 2.03 bits per heavy atom. The minimum atomic E-state index is -4.44. The molecule has 1 aliphatic rings. The fourth-order valence-electron chi connectivity index (χ4n) is 4.73. The average Bonchev–Trinajstić information content (AvgIpc) is 3.11. The monoisotopic (exact) mass is 528 g/mol. The number of aromatic amines is 1. The number of aromatic nitrogens is 2. The predicted octanol–water partition coefficient (Wildman–Crippen LogP) is 3.72. The molecule has 11 heteroatoms. The van der Waals surface area contributed by atoms with Gasteiger partial charge in [-0.25, -0.2) is 22.5 Å². The van der Waals surface area contributed by atoms with E-state index in [0.717, 1.165) is 12.5 Å². The van der Waals surface area contributed by atoms with Gasteiger partial charge in [0.2, 0.25) is 0 Å². The number of benzene rings is 1. The van der Waals surface area contributed by atoms with Crippen molar-refractivity contribution in [1.82, 2.24) is 14.7 Å². The summed E-state index contributed by atoms with van der Waals surface area (Å²) < 4.78 is 47.2. The zero-order valence-corrected chi connectivity index (χ0v) is 21.9. The molecule has 0 aliphatic carbocycles. The van der Waals surface area contributed by atoms with Crippen LogP contribution in [0.25, 0.3) is 11.3 Å². The summed E-state index contributed by atoms with van der Waals surface area (Å²) in [6.07, 6.45) is 2.13. The quantitative estimate of drug-likeness (QED) is 0.479. The van der Waals surface area contributed by atoms with Gasteiger partial charge in [-0.15, -0.1) is 0 Å². The second kappa shape index (κ2) is 9.97. The summed E-state index contributed by atoms with van der Waals surface area (Å²) in [4.78, 5) is 33.8. The van der Waals surface area contributed by atoms with Crippen LogP contribution < -0.4 is 19.9 Å². The number of sulfonamides is 1. The van der Waals surface area contributed by atoms with Gasteiger partial charge < -0.3 is 14.6 Å². The van der Waals surface area contributed by atoms with Crippen LogP contribution in [-0.2, 0) is 10.0 Å². The SMILES string of the molecule is CCOc1cc(-c2ccc(C(=O)NS(=O)(=O)c3ccc[nH]c3=O)c(N3C[C@@H](C)CC3(C)C)n2)ccc1F. The molecule has 1 atom stereocenters. The second-order valence-corrected chi connectivity index (χ2v) is 11.3. The summed E-state index contributed by atoms with van der Waals surface area (Å²) in [5.41, 5.74) is -0.132. The number of amides is 1. The molecule has 2 N–H and O–H groups in total. The number of halogens is 1. The maximum Gasteiger partial charge on any atom is 0.269 e. The Balaban J connectivity index is 1.80. The molecule has 1 fully saturated rings. The number of ether oxygens (including phenoxy) is 1. The van der Waals surface area contributed by atoms with Gasteiger partial charge in [-0.3, -0.25) is 9.59 Å². The molecule has 37 heavy (non-hydrogen) atoms. The lowest BCUT2D eigenvalue weighted by Gasteiger charge is -2.34. The Hall–Kier alpha value is -3.73. The van der Waals surface area contributed by atoms with Crippen LogP contribution in [-0.4, -0.2) is 43.0 Å². The molecule has 196 valence electrons. The molecule has 0 spiro atoms. The summed E-state index contributed by atoms with van der Waals surface area (Å²) in [6.45, 7) is 8.78. The molecule has 3 aromatic rings. The first kappa shape index (κ1) is 26.3. The van der Waals surface area contributed by atoms with Crippen molar-refractivity contribution in [2.24, 2.45) is 5.92 Å². The number of anilines is 1. The van der Waals surface area contributed by atoms with E-state index < -0.39 is 32.2 Å². The highest BCUT2D eigenvalue weighted by atomic mass is 32.2. The van der Waals surface area contributed by atoms with Gasteiger partial charge in [0.05, 0.1) is 17.9 Å². The average molecular weight is 529 g/mol. The first-order chi connectivity index (χ1) is 17.4. The van der Waals surface area contributed by atoms with E-state index >= 15 is 0 Å². The molecular weight excluding hydrogens is 499 g/mol. The molecule has 0 bridgehead atoms. The van der Waals surface area contributed by atoms with Gasteiger partial charge in [0, 0.05) is 23.8 Å². The van der Waals surface area contributed by atoms with Crippen molar-refractivity contribution in [3.05, 3.63) is 70.4 Å². The van der Waals surface area contributed by atoms with Gasteiger partial charge in [0.1, 0.15) is 5.82 Å². The zero-order chi connectivity index (χ0) is 27.0. The number of rotatable bonds is 7. The third kappa shape index (κ3) is 5.36. The molecule has 2 aromatic heterocycles. The second-order valence-electron chi connectivity index (χ2n) is 9.68. The summed E-state index contributed by atoms with van der Waals surface area (Å²) in [7, 11) is -4.44. The fourth-order valence-corrected chi connectivity index (χ4v) is 5.75. The minimum absolute atomic E-state index is 0.0361. The molecular formula is C26H29FN4O5S. The Labute approximate surface area is 214 Å². The van der Waals surface area contributed by atoms with E-state index in [9.17, 15) is 22.4 Å². The van der Waals surface area contributed by atoms with E-state index in [4.69, 9.17) is 9.72 Å². The van der Waals surface area contributed by atoms with Crippen LogP contribution in [0.5, 0.6) is 5.75 Å². The fraction of sp³-hybridized carbons (Fsp3) is 0.346. The largest absolute Gasteiger partial charge is 0.491 e. The van der Waals surface area contributed by atoms with Crippen LogP contribution >= 0.6 is 0 Å². The van der Waals surface area contributed by atoms with Crippen molar-refractivity contribution < 1.29 is 22.3 Å². The molecule has 1 saturated heterocycles. The van der Waals surface area contributed by atoms with E-state index in [1.807, 2.05) is 23.5 Å².